The summed E-state index contributed by atoms with van der Waals surface area (Å²) in [5.41, 5.74) is 0.627. The molecule has 1 radical (unpaired) electrons. The van der Waals surface area contributed by atoms with Gasteiger partial charge in [-0.3, -0.25) is 0 Å². The van der Waals surface area contributed by atoms with Crippen molar-refractivity contribution in [3.05, 3.63) is 23.8 Å². The summed E-state index contributed by atoms with van der Waals surface area (Å²) < 4.78 is 16.0. The van der Waals surface area contributed by atoms with E-state index in [1.165, 1.54) is 0 Å². The maximum Gasteiger partial charge on any atom is 0.421 e. The fourth-order valence-electron chi connectivity index (χ4n) is 1.81. The topological polar surface area (TPSA) is 63.4 Å². The van der Waals surface area contributed by atoms with Crippen LogP contribution in [0.25, 0.3) is 0 Å². The Labute approximate surface area is 130 Å². The van der Waals surface area contributed by atoms with Crippen LogP contribution < -0.4 is 14.6 Å². The summed E-state index contributed by atoms with van der Waals surface area (Å²) in [6.45, 7) is 7.02. The summed E-state index contributed by atoms with van der Waals surface area (Å²) in [5, 5.41) is 4.04. The van der Waals surface area contributed by atoms with Crippen LogP contribution in [0.5, 0.6) is 11.5 Å². The number of nitrogens with zero attached hydrogens (tertiary/aromatic N) is 2. The second kappa shape index (κ2) is 6.79. The monoisotopic (exact) mass is 306 g/mol. The summed E-state index contributed by atoms with van der Waals surface area (Å²) >= 11 is 0. The fourth-order valence-corrected chi connectivity index (χ4v) is 1.81. The van der Waals surface area contributed by atoms with E-state index in [1.807, 2.05) is 39.0 Å². The molecule has 0 aromatic heterocycles. The number of amidine groups is 1. The van der Waals surface area contributed by atoms with E-state index in [0.717, 1.165) is 5.56 Å². The zero-order valence-electron chi connectivity index (χ0n) is 13.7. The van der Waals surface area contributed by atoms with Gasteiger partial charge < -0.3 is 14.2 Å². The summed E-state index contributed by atoms with van der Waals surface area (Å²) in [7, 11) is 3.23. The van der Waals surface area contributed by atoms with Gasteiger partial charge in [0.25, 0.3) is 0 Å². The first-order valence-corrected chi connectivity index (χ1v) is 7.10. The van der Waals surface area contributed by atoms with Crippen LogP contribution in [0.2, 0.25) is 0 Å². The van der Waals surface area contributed by atoms with Gasteiger partial charge in [0, 0.05) is 12.1 Å². The van der Waals surface area contributed by atoms with Crippen LogP contribution >= 0.6 is 0 Å². The molecule has 0 aliphatic carbocycles. The van der Waals surface area contributed by atoms with E-state index in [0.29, 0.717) is 36.4 Å². The first-order chi connectivity index (χ1) is 10.5. The quantitative estimate of drug-likeness (QED) is 0.756. The van der Waals surface area contributed by atoms with E-state index in [4.69, 9.17) is 19.0 Å². The number of hydrogen-bond donors (Lipinski definition) is 0. The average Bonchev–Trinajstić information content (AvgIpc) is 2.97. The second-order valence-electron chi connectivity index (χ2n) is 5.88. The van der Waals surface area contributed by atoms with Gasteiger partial charge in [-0.25, -0.2) is 4.84 Å². The van der Waals surface area contributed by atoms with E-state index in [-0.39, 0.29) is 5.41 Å². The molecule has 0 amide bonds. The van der Waals surface area contributed by atoms with Gasteiger partial charge in [-0.05, 0) is 39.0 Å². The van der Waals surface area contributed by atoms with E-state index in [9.17, 15) is 0 Å². The van der Waals surface area contributed by atoms with Crippen LogP contribution in [0.1, 0.15) is 26.3 Å². The molecule has 1 aromatic rings. The summed E-state index contributed by atoms with van der Waals surface area (Å²) in [5.74, 6) is 2.41. The molecule has 0 saturated carbocycles. The molecule has 0 N–H and O–H groups in total. The highest BCUT2D eigenvalue weighted by atomic mass is 16.6. The minimum atomic E-state index is -0.185. The zero-order chi connectivity index (χ0) is 16.2. The molecule has 22 heavy (non-hydrogen) atoms. The minimum Gasteiger partial charge on any atom is -0.493 e. The lowest BCUT2D eigenvalue weighted by atomic mass is 9.97. The highest BCUT2D eigenvalue weighted by Crippen LogP contribution is 2.29. The van der Waals surface area contributed by atoms with Gasteiger partial charge in [0.2, 0.25) is 0 Å². The smallest absolute Gasteiger partial charge is 0.421 e. The van der Waals surface area contributed by atoms with Crippen molar-refractivity contribution in [1.82, 2.24) is 5.16 Å². The fraction of sp³-hybridized carbons (Fsp3) is 0.500. The molecular weight excluding hydrogens is 284 g/mol. The second-order valence-corrected chi connectivity index (χ2v) is 5.88. The Balaban J connectivity index is 2.22. The predicted molar refractivity (Wildman–Crippen MR) is 84.6 cm³/mol. The Kier molecular flexibility index (Phi) is 5.03. The number of methoxy groups -OCH3 is 2. The first-order valence-electron chi connectivity index (χ1n) is 7.10. The third-order valence-corrected chi connectivity index (χ3v) is 3.03. The lowest BCUT2D eigenvalue weighted by molar-refractivity contribution is 0.144. The molecule has 1 aliphatic rings. The van der Waals surface area contributed by atoms with Crippen LogP contribution in [-0.4, -0.2) is 39.2 Å². The SMILES string of the molecule is COCCOc1cc(C2=[N+]OC(C(C)(C)C)=N2)ccc1OC. The van der Waals surface area contributed by atoms with Crippen molar-refractivity contribution < 1.29 is 19.0 Å². The predicted octanol–water partition coefficient (Wildman–Crippen LogP) is 2.19. The molecule has 1 heterocycles. The van der Waals surface area contributed by atoms with Crippen molar-refractivity contribution in [2.75, 3.05) is 27.4 Å². The van der Waals surface area contributed by atoms with Gasteiger partial charge in [-0.1, -0.05) is 0 Å². The summed E-state index contributed by atoms with van der Waals surface area (Å²) in [6.07, 6.45) is 0. The molecule has 119 valence electrons. The highest BCUT2D eigenvalue weighted by Gasteiger charge is 2.37. The van der Waals surface area contributed by atoms with E-state index in [2.05, 4.69) is 10.1 Å². The number of hydrogen-bond acceptors (Lipinski definition) is 6. The van der Waals surface area contributed by atoms with E-state index >= 15 is 0 Å². The lowest BCUT2D eigenvalue weighted by Crippen LogP contribution is -2.21. The van der Waals surface area contributed by atoms with Gasteiger partial charge in [-0.2, -0.15) is 0 Å². The van der Waals surface area contributed by atoms with E-state index in [1.54, 1.807) is 14.2 Å². The Morgan fingerprint density at radius 2 is 1.91 bits per heavy atom. The third-order valence-electron chi connectivity index (χ3n) is 3.03. The van der Waals surface area contributed by atoms with Crippen molar-refractivity contribution in [3.63, 3.8) is 0 Å². The molecule has 0 unspecified atom stereocenters. The molecule has 0 spiro atoms. The lowest BCUT2D eigenvalue weighted by Gasteiger charge is -2.10. The molecule has 1 aromatic carbocycles. The van der Waals surface area contributed by atoms with Crippen molar-refractivity contribution in [3.8, 4) is 11.5 Å². The van der Waals surface area contributed by atoms with Gasteiger partial charge in [-0.15, -0.1) is 0 Å². The van der Waals surface area contributed by atoms with Gasteiger partial charge in [0.1, 0.15) is 6.61 Å². The van der Waals surface area contributed by atoms with Crippen molar-refractivity contribution in [1.29, 1.82) is 0 Å². The zero-order valence-corrected chi connectivity index (χ0v) is 13.7. The number of aliphatic imine (C=N–C) groups is 1. The van der Waals surface area contributed by atoms with Crippen molar-refractivity contribution in [2.24, 2.45) is 10.4 Å². The number of oxime groups is 1. The molecule has 0 saturated heterocycles. The van der Waals surface area contributed by atoms with Crippen molar-refractivity contribution in [2.45, 2.75) is 20.8 Å². The molecule has 2 rings (SSSR count). The average molecular weight is 306 g/mol. The number of rotatable bonds is 6. The largest absolute Gasteiger partial charge is 0.493 e. The Morgan fingerprint density at radius 1 is 1.14 bits per heavy atom. The molecule has 6 nitrogen and oxygen atoms in total. The standard InChI is InChI=1S/C16H22N2O4/c1-16(2,3)15-17-14(18-22-15)11-6-7-12(20-5)13(10-11)21-9-8-19-4/h6-7,10H,8-9H2,1-5H3/q+1. The number of ether oxygens (including phenoxy) is 3. The van der Waals surface area contributed by atoms with Gasteiger partial charge >= 0.3 is 11.7 Å². The Hall–Kier alpha value is -2.08. The maximum absolute atomic E-state index is 5.67. The van der Waals surface area contributed by atoms with Gasteiger partial charge in [0.15, 0.2) is 16.7 Å². The molecule has 0 fully saturated rings. The van der Waals surface area contributed by atoms with Crippen LogP contribution in [0.15, 0.2) is 23.2 Å². The third kappa shape index (κ3) is 3.76. The minimum absolute atomic E-state index is 0.185. The molecular formula is C16H22N2O4+. The molecule has 1 aliphatic heterocycles. The first kappa shape index (κ1) is 16.3. The van der Waals surface area contributed by atoms with Crippen LogP contribution in [0, 0.1) is 5.41 Å². The highest BCUT2D eigenvalue weighted by molar-refractivity contribution is 6.08. The van der Waals surface area contributed by atoms with Crippen molar-refractivity contribution >= 4 is 11.7 Å². The summed E-state index contributed by atoms with van der Waals surface area (Å²) in [4.78, 5) is 9.77. The number of benzene rings is 1. The normalized spacial score (nSPS) is 14.2. The van der Waals surface area contributed by atoms with Gasteiger partial charge in [0.05, 0.1) is 24.7 Å². The maximum atomic E-state index is 5.67. The van der Waals surface area contributed by atoms with Crippen LogP contribution in [0.4, 0.5) is 0 Å². The molecule has 6 heteroatoms. The summed E-state index contributed by atoms with van der Waals surface area (Å²) in [6, 6.07) is 5.54. The molecule has 0 bridgehead atoms. The Bertz CT molecular complexity index is 588. The van der Waals surface area contributed by atoms with Crippen LogP contribution in [-0.2, 0) is 9.57 Å². The molecule has 0 atom stereocenters. The van der Waals surface area contributed by atoms with Crippen LogP contribution in [0.3, 0.4) is 0 Å². The Morgan fingerprint density at radius 3 is 2.50 bits per heavy atom. The van der Waals surface area contributed by atoms with E-state index < -0.39 is 0 Å².